The molecule has 32 heavy (non-hydrogen) atoms. The number of aliphatic hydroxyl groups excluding tert-OH is 1. The number of aliphatic imine (C=N–C) groups is 1. The first-order valence-corrected chi connectivity index (χ1v) is 11.3. The second-order valence-corrected chi connectivity index (χ2v) is 7.74. The maximum atomic E-state index is 12.6. The SMILES string of the molecule is CCNC(=NCC(CO)c1ccccc1)NCCC(=O)N1CCN(c2ccccn2)CC1. The van der Waals surface area contributed by atoms with Crippen molar-refractivity contribution in [1.82, 2.24) is 20.5 Å². The van der Waals surface area contributed by atoms with Gasteiger partial charge in [-0.25, -0.2) is 4.98 Å². The summed E-state index contributed by atoms with van der Waals surface area (Å²) < 4.78 is 0. The van der Waals surface area contributed by atoms with Crippen molar-refractivity contribution >= 4 is 17.7 Å². The summed E-state index contributed by atoms with van der Waals surface area (Å²) in [5.74, 6) is 1.72. The number of amides is 1. The van der Waals surface area contributed by atoms with Crippen LogP contribution in [0.1, 0.15) is 24.8 Å². The lowest BCUT2D eigenvalue weighted by atomic mass is 10.0. The van der Waals surface area contributed by atoms with Crippen molar-refractivity contribution in [1.29, 1.82) is 0 Å². The second kappa shape index (κ2) is 12.7. The topological polar surface area (TPSA) is 93.1 Å². The van der Waals surface area contributed by atoms with E-state index in [1.54, 1.807) is 6.20 Å². The Balaban J connectivity index is 1.43. The summed E-state index contributed by atoms with van der Waals surface area (Å²) in [7, 11) is 0. The van der Waals surface area contributed by atoms with Gasteiger partial charge < -0.3 is 25.5 Å². The monoisotopic (exact) mass is 438 g/mol. The number of benzene rings is 1. The molecule has 3 N–H and O–H groups in total. The predicted molar refractivity (Wildman–Crippen MR) is 128 cm³/mol. The molecule has 1 saturated heterocycles. The molecule has 1 aliphatic heterocycles. The first kappa shape index (κ1) is 23.5. The van der Waals surface area contributed by atoms with Crippen molar-refractivity contribution in [3.63, 3.8) is 0 Å². The maximum absolute atomic E-state index is 12.6. The zero-order chi connectivity index (χ0) is 22.6. The largest absolute Gasteiger partial charge is 0.396 e. The van der Waals surface area contributed by atoms with Crippen molar-refractivity contribution < 1.29 is 9.90 Å². The molecule has 0 bridgehead atoms. The van der Waals surface area contributed by atoms with Gasteiger partial charge in [-0.3, -0.25) is 9.79 Å². The number of rotatable bonds is 9. The Bertz CT molecular complexity index is 838. The van der Waals surface area contributed by atoms with E-state index in [0.29, 0.717) is 38.6 Å². The van der Waals surface area contributed by atoms with Crippen LogP contribution >= 0.6 is 0 Å². The van der Waals surface area contributed by atoms with Gasteiger partial charge in [0, 0.05) is 57.8 Å². The number of guanidine groups is 1. The van der Waals surface area contributed by atoms with Gasteiger partial charge in [0.05, 0.1) is 13.2 Å². The number of nitrogens with one attached hydrogen (secondary N) is 2. The molecule has 2 aromatic rings. The zero-order valence-corrected chi connectivity index (χ0v) is 18.8. The molecule has 3 rings (SSSR count). The number of hydrogen-bond donors (Lipinski definition) is 3. The number of carbonyl (C=O) groups is 1. The van der Waals surface area contributed by atoms with E-state index in [-0.39, 0.29) is 18.4 Å². The molecule has 8 nitrogen and oxygen atoms in total. The molecule has 0 saturated carbocycles. The van der Waals surface area contributed by atoms with Gasteiger partial charge in [0.2, 0.25) is 5.91 Å². The van der Waals surface area contributed by atoms with Crippen LogP contribution in [-0.2, 0) is 4.79 Å². The fourth-order valence-electron chi connectivity index (χ4n) is 3.71. The average molecular weight is 439 g/mol. The minimum atomic E-state index is -0.0521. The number of nitrogens with zero attached hydrogens (tertiary/aromatic N) is 4. The van der Waals surface area contributed by atoms with E-state index in [1.165, 1.54) is 0 Å². The minimum Gasteiger partial charge on any atom is -0.396 e. The normalized spacial score (nSPS) is 15.4. The fourth-order valence-corrected chi connectivity index (χ4v) is 3.71. The van der Waals surface area contributed by atoms with E-state index in [1.807, 2.05) is 60.4 Å². The number of pyridine rings is 1. The molecule has 172 valence electrons. The predicted octanol–water partition coefficient (Wildman–Crippen LogP) is 1.45. The molecule has 2 heterocycles. The number of piperazine rings is 1. The van der Waals surface area contributed by atoms with Gasteiger partial charge in [0.1, 0.15) is 5.82 Å². The quantitative estimate of drug-likeness (QED) is 0.405. The number of aromatic nitrogens is 1. The molecule has 0 aliphatic carbocycles. The van der Waals surface area contributed by atoms with Crippen LogP contribution in [0, 0.1) is 0 Å². The van der Waals surface area contributed by atoms with Crippen molar-refractivity contribution in [2.45, 2.75) is 19.3 Å². The number of anilines is 1. The molecular weight excluding hydrogens is 404 g/mol. The van der Waals surface area contributed by atoms with Crippen molar-refractivity contribution in [2.75, 3.05) is 57.3 Å². The number of aliphatic hydroxyl groups is 1. The molecule has 0 radical (unpaired) electrons. The van der Waals surface area contributed by atoms with Crippen LogP contribution in [0.4, 0.5) is 5.82 Å². The lowest BCUT2D eigenvalue weighted by Gasteiger charge is -2.35. The molecule has 1 aromatic heterocycles. The summed E-state index contributed by atoms with van der Waals surface area (Å²) in [6.45, 7) is 6.76. The Kier molecular flexibility index (Phi) is 9.31. The van der Waals surface area contributed by atoms with Gasteiger partial charge in [-0.1, -0.05) is 36.4 Å². The number of hydrogen-bond acceptors (Lipinski definition) is 5. The molecule has 1 aliphatic rings. The van der Waals surface area contributed by atoms with Crippen LogP contribution in [0.2, 0.25) is 0 Å². The Morgan fingerprint density at radius 1 is 1.09 bits per heavy atom. The Morgan fingerprint density at radius 3 is 2.50 bits per heavy atom. The van der Waals surface area contributed by atoms with Crippen LogP contribution in [0.5, 0.6) is 0 Å². The first-order chi connectivity index (χ1) is 15.7. The van der Waals surface area contributed by atoms with E-state index in [4.69, 9.17) is 0 Å². The van der Waals surface area contributed by atoms with E-state index in [2.05, 4.69) is 25.5 Å². The van der Waals surface area contributed by atoms with Crippen LogP contribution in [0.3, 0.4) is 0 Å². The summed E-state index contributed by atoms with van der Waals surface area (Å²) >= 11 is 0. The Labute approximate surface area is 190 Å². The van der Waals surface area contributed by atoms with Crippen molar-refractivity contribution in [2.24, 2.45) is 4.99 Å². The van der Waals surface area contributed by atoms with Gasteiger partial charge in [-0.2, -0.15) is 0 Å². The van der Waals surface area contributed by atoms with Gasteiger partial charge in [0.25, 0.3) is 0 Å². The van der Waals surface area contributed by atoms with E-state index in [0.717, 1.165) is 31.0 Å². The van der Waals surface area contributed by atoms with Crippen LogP contribution in [-0.4, -0.2) is 79.3 Å². The lowest BCUT2D eigenvalue weighted by Crippen LogP contribution is -2.49. The molecule has 1 aromatic carbocycles. The highest BCUT2D eigenvalue weighted by Gasteiger charge is 2.21. The molecular formula is C24H34N6O2. The second-order valence-electron chi connectivity index (χ2n) is 7.74. The Morgan fingerprint density at radius 2 is 1.84 bits per heavy atom. The van der Waals surface area contributed by atoms with Crippen molar-refractivity contribution in [3.05, 3.63) is 60.3 Å². The highest BCUT2D eigenvalue weighted by Crippen LogP contribution is 2.15. The molecule has 1 fully saturated rings. The van der Waals surface area contributed by atoms with Gasteiger partial charge in [-0.05, 0) is 24.6 Å². The molecule has 0 spiro atoms. The van der Waals surface area contributed by atoms with Crippen LogP contribution in [0.25, 0.3) is 0 Å². The number of carbonyl (C=O) groups excluding carboxylic acids is 1. The molecule has 1 unspecified atom stereocenters. The Hall–Kier alpha value is -3.13. The smallest absolute Gasteiger partial charge is 0.224 e. The van der Waals surface area contributed by atoms with Crippen LogP contribution < -0.4 is 15.5 Å². The molecule has 1 amide bonds. The summed E-state index contributed by atoms with van der Waals surface area (Å²) in [5, 5.41) is 16.2. The highest BCUT2D eigenvalue weighted by molar-refractivity contribution is 5.81. The van der Waals surface area contributed by atoms with Gasteiger partial charge in [0.15, 0.2) is 5.96 Å². The third-order valence-corrected chi connectivity index (χ3v) is 5.54. The lowest BCUT2D eigenvalue weighted by molar-refractivity contribution is -0.131. The highest BCUT2D eigenvalue weighted by atomic mass is 16.3. The third-order valence-electron chi connectivity index (χ3n) is 5.54. The van der Waals surface area contributed by atoms with E-state index >= 15 is 0 Å². The summed E-state index contributed by atoms with van der Waals surface area (Å²) in [4.78, 5) is 25.8. The molecule has 8 heteroatoms. The summed E-state index contributed by atoms with van der Waals surface area (Å²) in [6.07, 6.45) is 2.21. The third kappa shape index (κ3) is 6.95. The van der Waals surface area contributed by atoms with Crippen molar-refractivity contribution in [3.8, 4) is 0 Å². The summed E-state index contributed by atoms with van der Waals surface area (Å²) in [5.41, 5.74) is 1.06. The standard InChI is InChI=1S/C24H34N6O2/c1-2-25-24(28-18-21(19-31)20-8-4-3-5-9-20)27-13-11-23(32)30-16-14-29(15-17-30)22-10-6-7-12-26-22/h3-10,12,21,31H,2,11,13-19H2,1H3,(H2,25,27,28). The van der Waals surface area contributed by atoms with Gasteiger partial charge >= 0.3 is 0 Å². The minimum absolute atomic E-state index is 0.0376. The van der Waals surface area contributed by atoms with E-state index in [9.17, 15) is 9.90 Å². The zero-order valence-electron chi connectivity index (χ0n) is 18.8. The average Bonchev–Trinajstić information content (AvgIpc) is 2.85. The first-order valence-electron chi connectivity index (χ1n) is 11.3. The van der Waals surface area contributed by atoms with Gasteiger partial charge in [-0.15, -0.1) is 0 Å². The van der Waals surface area contributed by atoms with E-state index < -0.39 is 0 Å². The molecule has 1 atom stereocenters. The maximum Gasteiger partial charge on any atom is 0.224 e. The fraction of sp³-hybridized carbons (Fsp3) is 0.458. The van der Waals surface area contributed by atoms with Crippen LogP contribution in [0.15, 0.2) is 59.7 Å². The summed E-state index contributed by atoms with van der Waals surface area (Å²) in [6, 6.07) is 15.8.